The number of benzene rings is 2. The zero-order chi connectivity index (χ0) is 16.3. The minimum Gasteiger partial charge on any atom is -0.508 e. The summed E-state index contributed by atoms with van der Waals surface area (Å²) in [5, 5.41) is 12.4. The molecule has 23 heavy (non-hydrogen) atoms. The number of piperazine rings is 1. The van der Waals surface area contributed by atoms with Gasteiger partial charge in [-0.25, -0.2) is 8.42 Å². The summed E-state index contributed by atoms with van der Waals surface area (Å²) in [5.41, 5.74) is 0. The fraction of sp³-hybridized carbons (Fsp3) is 0.250. The number of phenolic OH excluding ortho intramolecular Hbond substituents is 1. The van der Waals surface area contributed by atoms with Crippen molar-refractivity contribution < 1.29 is 18.3 Å². The van der Waals surface area contributed by atoms with Crippen molar-refractivity contribution in [2.75, 3.05) is 26.2 Å². The van der Waals surface area contributed by atoms with Gasteiger partial charge < -0.3 is 15.2 Å². The Labute approximate surface area is 135 Å². The standard InChI is InChI=1S/C16H18N2O4S/c19-13-1-3-14(4-2-13)22-15-5-7-16(8-6-15)23(20,21)18-11-9-17-10-12-18/h1-8,17,19H,9-12H2. The van der Waals surface area contributed by atoms with Crippen LogP contribution in [-0.2, 0) is 10.0 Å². The third-order valence-corrected chi connectivity index (χ3v) is 5.52. The van der Waals surface area contributed by atoms with Gasteiger partial charge in [-0.15, -0.1) is 0 Å². The van der Waals surface area contributed by atoms with E-state index in [9.17, 15) is 13.5 Å². The maximum absolute atomic E-state index is 12.5. The Morgan fingerprint density at radius 3 is 2.00 bits per heavy atom. The van der Waals surface area contributed by atoms with E-state index >= 15 is 0 Å². The second-order valence-electron chi connectivity index (χ2n) is 5.22. The molecule has 0 aliphatic carbocycles. The molecule has 0 radical (unpaired) electrons. The van der Waals surface area contributed by atoms with Crippen LogP contribution >= 0.6 is 0 Å². The molecule has 0 spiro atoms. The third kappa shape index (κ3) is 3.64. The van der Waals surface area contributed by atoms with E-state index in [0.29, 0.717) is 37.7 Å². The SMILES string of the molecule is O=S(=O)(c1ccc(Oc2ccc(O)cc2)cc1)N1CCNCC1. The van der Waals surface area contributed by atoms with E-state index < -0.39 is 10.0 Å². The summed E-state index contributed by atoms with van der Waals surface area (Å²) in [5.74, 6) is 1.27. The van der Waals surface area contributed by atoms with Gasteiger partial charge in [-0.2, -0.15) is 4.31 Å². The molecule has 0 aromatic heterocycles. The van der Waals surface area contributed by atoms with E-state index in [2.05, 4.69) is 5.32 Å². The van der Waals surface area contributed by atoms with Crippen LogP contribution in [0, 0.1) is 0 Å². The first-order chi connectivity index (χ1) is 11.1. The molecule has 0 saturated carbocycles. The van der Waals surface area contributed by atoms with Crippen molar-refractivity contribution in [1.29, 1.82) is 0 Å². The zero-order valence-corrected chi connectivity index (χ0v) is 13.3. The fourth-order valence-corrected chi connectivity index (χ4v) is 3.81. The van der Waals surface area contributed by atoms with E-state index in [1.807, 2.05) is 0 Å². The van der Waals surface area contributed by atoms with E-state index in [1.165, 1.54) is 16.4 Å². The van der Waals surface area contributed by atoms with E-state index in [-0.39, 0.29) is 10.6 Å². The molecular weight excluding hydrogens is 316 g/mol. The van der Waals surface area contributed by atoms with Gasteiger partial charge in [-0.3, -0.25) is 0 Å². The molecule has 0 amide bonds. The Balaban J connectivity index is 1.74. The molecule has 3 rings (SSSR count). The van der Waals surface area contributed by atoms with Gasteiger partial charge in [0.05, 0.1) is 4.90 Å². The second kappa shape index (κ2) is 6.57. The van der Waals surface area contributed by atoms with Gasteiger partial charge >= 0.3 is 0 Å². The van der Waals surface area contributed by atoms with Gasteiger partial charge in [0, 0.05) is 26.2 Å². The lowest BCUT2D eigenvalue weighted by molar-refractivity contribution is 0.360. The number of hydrogen-bond donors (Lipinski definition) is 2. The Morgan fingerprint density at radius 2 is 1.43 bits per heavy atom. The van der Waals surface area contributed by atoms with E-state index in [0.717, 1.165) is 0 Å². The Bertz CT molecular complexity index is 752. The van der Waals surface area contributed by atoms with Crippen LogP contribution in [0.2, 0.25) is 0 Å². The topological polar surface area (TPSA) is 78.9 Å². The van der Waals surface area contributed by atoms with Gasteiger partial charge in [0.1, 0.15) is 17.2 Å². The largest absolute Gasteiger partial charge is 0.508 e. The second-order valence-corrected chi connectivity index (χ2v) is 7.16. The molecule has 2 aromatic rings. The highest BCUT2D eigenvalue weighted by Crippen LogP contribution is 2.25. The normalized spacial score (nSPS) is 16.2. The van der Waals surface area contributed by atoms with Crippen LogP contribution in [-0.4, -0.2) is 44.0 Å². The number of aromatic hydroxyl groups is 1. The lowest BCUT2D eigenvalue weighted by Gasteiger charge is -2.26. The maximum Gasteiger partial charge on any atom is 0.243 e. The number of phenols is 1. The number of sulfonamides is 1. The van der Waals surface area contributed by atoms with E-state index in [1.54, 1.807) is 36.4 Å². The summed E-state index contributed by atoms with van der Waals surface area (Å²) in [4.78, 5) is 0.262. The number of nitrogens with zero attached hydrogens (tertiary/aromatic N) is 1. The Morgan fingerprint density at radius 1 is 0.913 bits per heavy atom. The predicted molar refractivity (Wildman–Crippen MR) is 86.3 cm³/mol. The fourth-order valence-electron chi connectivity index (χ4n) is 2.36. The van der Waals surface area contributed by atoms with Crippen molar-refractivity contribution in [2.45, 2.75) is 4.90 Å². The van der Waals surface area contributed by atoms with Crippen LogP contribution in [0.15, 0.2) is 53.4 Å². The quantitative estimate of drug-likeness (QED) is 0.891. The Kier molecular flexibility index (Phi) is 4.51. The van der Waals surface area contributed by atoms with Gasteiger partial charge in [-0.1, -0.05) is 0 Å². The number of rotatable bonds is 4. The number of hydrogen-bond acceptors (Lipinski definition) is 5. The molecule has 6 nitrogen and oxygen atoms in total. The molecule has 1 aliphatic heterocycles. The summed E-state index contributed by atoms with van der Waals surface area (Å²) >= 11 is 0. The van der Waals surface area contributed by atoms with Crippen molar-refractivity contribution in [2.24, 2.45) is 0 Å². The van der Waals surface area contributed by atoms with Crippen LogP contribution in [0.4, 0.5) is 0 Å². The number of ether oxygens (including phenoxy) is 1. The maximum atomic E-state index is 12.5. The lowest BCUT2D eigenvalue weighted by Crippen LogP contribution is -2.46. The molecule has 0 bridgehead atoms. The van der Waals surface area contributed by atoms with Gasteiger partial charge in [0.15, 0.2) is 0 Å². The molecular formula is C16H18N2O4S. The molecule has 2 N–H and O–H groups in total. The summed E-state index contributed by atoms with van der Waals surface area (Å²) in [7, 11) is -3.45. The van der Waals surface area contributed by atoms with Crippen LogP contribution in [0.3, 0.4) is 0 Å². The van der Waals surface area contributed by atoms with Crippen molar-refractivity contribution in [3.05, 3.63) is 48.5 Å². The monoisotopic (exact) mass is 334 g/mol. The molecule has 1 fully saturated rings. The number of nitrogens with one attached hydrogen (secondary N) is 1. The first-order valence-electron chi connectivity index (χ1n) is 7.33. The minimum atomic E-state index is -3.45. The Hall–Kier alpha value is -2.09. The highest BCUT2D eigenvalue weighted by Gasteiger charge is 2.25. The average molecular weight is 334 g/mol. The van der Waals surface area contributed by atoms with Gasteiger partial charge in [0.25, 0.3) is 0 Å². The summed E-state index contributed by atoms with van der Waals surface area (Å²) < 4.78 is 32.2. The smallest absolute Gasteiger partial charge is 0.243 e. The molecule has 0 unspecified atom stereocenters. The predicted octanol–water partition coefficient (Wildman–Crippen LogP) is 1.78. The summed E-state index contributed by atoms with van der Waals surface area (Å²) in [6, 6.07) is 12.7. The zero-order valence-electron chi connectivity index (χ0n) is 12.5. The molecule has 2 aromatic carbocycles. The van der Waals surface area contributed by atoms with Crippen LogP contribution < -0.4 is 10.1 Å². The average Bonchev–Trinajstić information content (AvgIpc) is 2.58. The van der Waals surface area contributed by atoms with Crippen LogP contribution in [0.5, 0.6) is 17.2 Å². The van der Waals surface area contributed by atoms with Crippen LogP contribution in [0.25, 0.3) is 0 Å². The van der Waals surface area contributed by atoms with Crippen molar-refractivity contribution >= 4 is 10.0 Å². The molecule has 7 heteroatoms. The molecule has 1 aliphatic rings. The van der Waals surface area contributed by atoms with Gasteiger partial charge in [-0.05, 0) is 48.5 Å². The highest BCUT2D eigenvalue weighted by atomic mass is 32.2. The summed E-state index contributed by atoms with van der Waals surface area (Å²) in [6.07, 6.45) is 0. The first-order valence-corrected chi connectivity index (χ1v) is 8.77. The molecule has 1 heterocycles. The van der Waals surface area contributed by atoms with Crippen LogP contribution in [0.1, 0.15) is 0 Å². The minimum absolute atomic E-state index is 0.162. The van der Waals surface area contributed by atoms with Crippen molar-refractivity contribution in [3.63, 3.8) is 0 Å². The van der Waals surface area contributed by atoms with Crippen molar-refractivity contribution in [3.8, 4) is 17.2 Å². The highest BCUT2D eigenvalue weighted by molar-refractivity contribution is 7.89. The molecule has 0 atom stereocenters. The molecule has 1 saturated heterocycles. The lowest BCUT2D eigenvalue weighted by atomic mass is 10.3. The molecule has 122 valence electrons. The first kappa shape index (κ1) is 15.8. The third-order valence-electron chi connectivity index (χ3n) is 3.61. The van der Waals surface area contributed by atoms with Gasteiger partial charge in [0.2, 0.25) is 10.0 Å². The summed E-state index contributed by atoms with van der Waals surface area (Å²) in [6.45, 7) is 2.30. The van der Waals surface area contributed by atoms with Crippen molar-refractivity contribution in [1.82, 2.24) is 9.62 Å². The van der Waals surface area contributed by atoms with E-state index in [4.69, 9.17) is 4.74 Å².